The first-order chi connectivity index (χ1) is 13.4. The van der Waals surface area contributed by atoms with E-state index >= 15 is 0 Å². The highest BCUT2D eigenvalue weighted by Crippen LogP contribution is 2.14. The normalized spacial score (nSPS) is 12.9. The summed E-state index contributed by atoms with van der Waals surface area (Å²) in [5.74, 6) is 0.680. The lowest BCUT2D eigenvalue weighted by Gasteiger charge is -2.25. The average molecular weight is 386 g/mol. The predicted molar refractivity (Wildman–Crippen MR) is 112 cm³/mol. The van der Waals surface area contributed by atoms with Crippen LogP contribution in [-0.2, 0) is 11.3 Å². The van der Waals surface area contributed by atoms with Gasteiger partial charge in [0.25, 0.3) is 0 Å². The maximum absolute atomic E-state index is 12.3. The van der Waals surface area contributed by atoms with E-state index in [2.05, 4.69) is 25.5 Å². The number of rotatable bonds is 7. The minimum atomic E-state index is -0.547. The molecule has 2 aromatic rings. The number of aromatic nitrogens is 1. The number of guanidine groups is 1. The molecule has 0 fully saturated rings. The zero-order valence-electron chi connectivity index (χ0n) is 17.1. The highest BCUT2D eigenvalue weighted by molar-refractivity contribution is 5.79. The standard InChI is InChI=1S/C21H31N5O2/c1-21(2,3)28-20(27)25-18(17-10-6-5-7-11-17)16-24-19(22-4)23-12-15-26-13-8-9-14-26/h5-11,13-14,18H,12,15-16H2,1-4H3,(H,25,27)(H2,22,23,24). The summed E-state index contributed by atoms with van der Waals surface area (Å²) in [6, 6.07) is 13.5. The van der Waals surface area contributed by atoms with Gasteiger partial charge >= 0.3 is 6.09 Å². The average Bonchev–Trinajstić information content (AvgIpc) is 3.16. The van der Waals surface area contributed by atoms with E-state index in [1.807, 2.05) is 75.6 Å². The summed E-state index contributed by atoms with van der Waals surface area (Å²) >= 11 is 0. The third kappa shape index (κ3) is 7.73. The Kier molecular flexibility index (Phi) is 7.92. The van der Waals surface area contributed by atoms with E-state index in [-0.39, 0.29) is 6.04 Å². The van der Waals surface area contributed by atoms with E-state index in [1.54, 1.807) is 7.05 Å². The first-order valence-electron chi connectivity index (χ1n) is 9.47. The van der Waals surface area contributed by atoms with Crippen molar-refractivity contribution in [1.82, 2.24) is 20.5 Å². The van der Waals surface area contributed by atoms with E-state index in [1.165, 1.54) is 0 Å². The van der Waals surface area contributed by atoms with Gasteiger partial charge in [-0.25, -0.2) is 4.79 Å². The van der Waals surface area contributed by atoms with E-state index in [9.17, 15) is 4.79 Å². The summed E-state index contributed by atoms with van der Waals surface area (Å²) in [5.41, 5.74) is 0.443. The molecule has 0 spiro atoms. The van der Waals surface area contributed by atoms with Crippen molar-refractivity contribution < 1.29 is 9.53 Å². The number of carbonyl (C=O) groups is 1. The van der Waals surface area contributed by atoms with Crippen LogP contribution in [0.1, 0.15) is 32.4 Å². The maximum atomic E-state index is 12.3. The zero-order valence-corrected chi connectivity index (χ0v) is 17.1. The van der Waals surface area contributed by atoms with Crippen molar-refractivity contribution in [3.05, 3.63) is 60.4 Å². The van der Waals surface area contributed by atoms with Gasteiger partial charge in [0.1, 0.15) is 5.60 Å². The summed E-state index contributed by atoms with van der Waals surface area (Å²) < 4.78 is 7.50. The molecule has 0 aliphatic carbocycles. The smallest absolute Gasteiger partial charge is 0.408 e. The van der Waals surface area contributed by atoms with Gasteiger partial charge in [-0.15, -0.1) is 0 Å². The van der Waals surface area contributed by atoms with Crippen LogP contribution in [-0.4, -0.2) is 42.4 Å². The van der Waals surface area contributed by atoms with Gasteiger partial charge < -0.3 is 25.3 Å². The van der Waals surface area contributed by atoms with Crippen molar-refractivity contribution in [2.75, 3.05) is 20.1 Å². The van der Waals surface area contributed by atoms with Gasteiger partial charge in [0.05, 0.1) is 6.04 Å². The van der Waals surface area contributed by atoms with Gasteiger partial charge in [0, 0.05) is 39.1 Å². The molecular formula is C21H31N5O2. The van der Waals surface area contributed by atoms with Crippen LogP contribution in [0.3, 0.4) is 0 Å². The van der Waals surface area contributed by atoms with Crippen molar-refractivity contribution in [3.63, 3.8) is 0 Å². The quantitative estimate of drug-likeness (QED) is 0.506. The Morgan fingerprint density at radius 3 is 2.39 bits per heavy atom. The molecule has 7 nitrogen and oxygen atoms in total. The Balaban J connectivity index is 1.92. The van der Waals surface area contributed by atoms with Crippen molar-refractivity contribution in [2.45, 2.75) is 39.0 Å². The van der Waals surface area contributed by atoms with E-state index in [4.69, 9.17) is 4.74 Å². The van der Waals surface area contributed by atoms with Gasteiger partial charge in [0.2, 0.25) is 0 Å². The molecule has 0 saturated carbocycles. The molecule has 3 N–H and O–H groups in total. The molecule has 2 rings (SSSR count). The number of ether oxygens (including phenoxy) is 1. The van der Waals surface area contributed by atoms with Gasteiger partial charge in [0.15, 0.2) is 5.96 Å². The highest BCUT2D eigenvalue weighted by Gasteiger charge is 2.20. The van der Waals surface area contributed by atoms with E-state index < -0.39 is 11.7 Å². The molecule has 152 valence electrons. The number of alkyl carbamates (subject to hydrolysis) is 1. The third-order valence-corrected chi connectivity index (χ3v) is 3.92. The number of hydrogen-bond acceptors (Lipinski definition) is 3. The molecule has 1 aromatic heterocycles. The molecule has 7 heteroatoms. The number of amides is 1. The first-order valence-corrected chi connectivity index (χ1v) is 9.47. The number of carbonyl (C=O) groups excluding carboxylic acids is 1. The lowest BCUT2D eigenvalue weighted by Crippen LogP contribution is -2.44. The summed E-state index contributed by atoms with van der Waals surface area (Å²) in [4.78, 5) is 16.5. The lowest BCUT2D eigenvalue weighted by atomic mass is 10.1. The molecule has 28 heavy (non-hydrogen) atoms. The number of benzene rings is 1. The third-order valence-electron chi connectivity index (χ3n) is 3.92. The number of nitrogens with one attached hydrogen (secondary N) is 3. The van der Waals surface area contributed by atoms with E-state index in [0.29, 0.717) is 12.5 Å². The largest absolute Gasteiger partial charge is 0.444 e. The molecular weight excluding hydrogens is 354 g/mol. The minimum Gasteiger partial charge on any atom is -0.444 e. The Labute approximate surface area is 167 Å². The fourth-order valence-electron chi connectivity index (χ4n) is 2.63. The SMILES string of the molecule is CN=C(NCCn1cccc1)NCC(NC(=O)OC(C)(C)C)c1ccccc1. The van der Waals surface area contributed by atoms with Crippen LogP contribution in [0.15, 0.2) is 59.9 Å². The molecule has 1 heterocycles. The molecule has 0 radical (unpaired) electrons. The van der Waals surface area contributed by atoms with Gasteiger partial charge in [-0.05, 0) is 38.5 Å². The van der Waals surface area contributed by atoms with Gasteiger partial charge in [-0.3, -0.25) is 4.99 Å². The number of nitrogens with zero attached hydrogens (tertiary/aromatic N) is 2. The van der Waals surface area contributed by atoms with E-state index in [0.717, 1.165) is 18.7 Å². The second-order valence-electron chi connectivity index (χ2n) is 7.41. The molecule has 1 atom stereocenters. The lowest BCUT2D eigenvalue weighted by molar-refractivity contribution is 0.0504. The van der Waals surface area contributed by atoms with Crippen LogP contribution in [0, 0.1) is 0 Å². The fourth-order valence-corrected chi connectivity index (χ4v) is 2.63. The maximum Gasteiger partial charge on any atom is 0.408 e. The number of hydrogen-bond donors (Lipinski definition) is 3. The second-order valence-corrected chi connectivity index (χ2v) is 7.41. The van der Waals surface area contributed by atoms with Crippen LogP contribution in [0.5, 0.6) is 0 Å². The van der Waals surface area contributed by atoms with Crippen molar-refractivity contribution in [2.24, 2.45) is 4.99 Å². The van der Waals surface area contributed by atoms with Crippen molar-refractivity contribution in [1.29, 1.82) is 0 Å². The Hall–Kier alpha value is -2.96. The number of aliphatic imine (C=N–C) groups is 1. The topological polar surface area (TPSA) is 79.7 Å². The summed E-state index contributed by atoms with van der Waals surface area (Å²) in [6.07, 6.45) is 3.60. The molecule has 0 saturated heterocycles. The van der Waals surface area contributed by atoms with Crippen LogP contribution >= 0.6 is 0 Å². The van der Waals surface area contributed by atoms with Gasteiger partial charge in [-0.1, -0.05) is 30.3 Å². The highest BCUT2D eigenvalue weighted by atomic mass is 16.6. The Morgan fingerprint density at radius 2 is 1.79 bits per heavy atom. The first kappa shape index (κ1) is 21.3. The molecule has 1 amide bonds. The second kappa shape index (κ2) is 10.4. The zero-order chi connectivity index (χ0) is 20.4. The summed E-state index contributed by atoms with van der Waals surface area (Å²) in [7, 11) is 1.73. The monoisotopic (exact) mass is 385 g/mol. The molecule has 0 bridgehead atoms. The Morgan fingerprint density at radius 1 is 1.11 bits per heavy atom. The summed E-state index contributed by atoms with van der Waals surface area (Å²) in [5, 5.41) is 9.49. The fraction of sp³-hybridized carbons (Fsp3) is 0.429. The minimum absolute atomic E-state index is 0.251. The van der Waals surface area contributed by atoms with Crippen LogP contribution in [0.4, 0.5) is 4.79 Å². The van der Waals surface area contributed by atoms with Crippen LogP contribution < -0.4 is 16.0 Å². The molecule has 1 unspecified atom stereocenters. The van der Waals surface area contributed by atoms with Crippen molar-refractivity contribution in [3.8, 4) is 0 Å². The molecule has 0 aliphatic heterocycles. The predicted octanol–water partition coefficient (Wildman–Crippen LogP) is 2.92. The molecule has 0 aliphatic rings. The summed E-state index contributed by atoms with van der Waals surface area (Å²) in [6.45, 7) is 7.60. The Bertz CT molecular complexity index is 736. The van der Waals surface area contributed by atoms with Crippen LogP contribution in [0.2, 0.25) is 0 Å². The van der Waals surface area contributed by atoms with Crippen molar-refractivity contribution >= 4 is 12.1 Å². The van der Waals surface area contributed by atoms with Gasteiger partial charge in [-0.2, -0.15) is 0 Å². The van der Waals surface area contributed by atoms with Crippen LogP contribution in [0.25, 0.3) is 0 Å². The molecule has 1 aromatic carbocycles.